The molecule has 2 atom stereocenters. The Labute approximate surface area is 120 Å². The van der Waals surface area contributed by atoms with Crippen LogP contribution < -0.4 is 0 Å². The normalized spacial score (nSPS) is 26.4. The van der Waals surface area contributed by atoms with E-state index in [-0.39, 0.29) is 12.5 Å². The van der Waals surface area contributed by atoms with E-state index in [0.29, 0.717) is 6.61 Å². The first kappa shape index (κ1) is 15.0. The summed E-state index contributed by atoms with van der Waals surface area (Å²) in [7, 11) is 0. The van der Waals surface area contributed by atoms with Crippen molar-refractivity contribution in [2.75, 3.05) is 6.61 Å². The van der Waals surface area contributed by atoms with E-state index >= 15 is 0 Å². The van der Waals surface area contributed by atoms with Crippen molar-refractivity contribution in [1.82, 2.24) is 4.98 Å². The number of aliphatic carboxylic acids is 1. The van der Waals surface area contributed by atoms with Gasteiger partial charge in [0.15, 0.2) is 0 Å². The van der Waals surface area contributed by atoms with Gasteiger partial charge in [-0.1, -0.05) is 32.3 Å². The van der Waals surface area contributed by atoms with E-state index in [2.05, 4.69) is 11.9 Å². The fraction of sp³-hybridized carbons (Fsp3) is 0.625. The van der Waals surface area contributed by atoms with Crippen molar-refractivity contribution >= 4 is 5.97 Å². The molecule has 1 aromatic heterocycles. The number of hydrogen-bond donors (Lipinski definition) is 1. The van der Waals surface area contributed by atoms with Gasteiger partial charge in [0.2, 0.25) is 0 Å². The molecule has 20 heavy (non-hydrogen) atoms. The highest BCUT2D eigenvalue weighted by molar-refractivity contribution is 5.75. The lowest BCUT2D eigenvalue weighted by atomic mass is 9.65. The molecule has 0 bridgehead atoms. The van der Waals surface area contributed by atoms with Gasteiger partial charge >= 0.3 is 5.97 Å². The number of carboxylic acid groups (broad SMARTS) is 1. The summed E-state index contributed by atoms with van der Waals surface area (Å²) in [5, 5.41) is 9.69. The van der Waals surface area contributed by atoms with Crippen LogP contribution in [0.3, 0.4) is 0 Å². The standard InChI is InChI=1S/C16H23NO3/c1-2-13-7-3-5-9-16(13,15(18)19)12-20-11-14-8-4-6-10-17-14/h4,6,8,10,13H,2-3,5,7,9,11-12H2,1H3,(H,18,19). The minimum Gasteiger partial charge on any atom is -0.481 e. The molecule has 2 rings (SSSR count). The highest BCUT2D eigenvalue weighted by atomic mass is 16.5. The van der Waals surface area contributed by atoms with Gasteiger partial charge in [-0.2, -0.15) is 0 Å². The van der Waals surface area contributed by atoms with Crippen molar-refractivity contribution in [3.05, 3.63) is 30.1 Å². The summed E-state index contributed by atoms with van der Waals surface area (Å²) < 4.78 is 5.71. The van der Waals surface area contributed by atoms with E-state index in [1.165, 1.54) is 0 Å². The Morgan fingerprint density at radius 1 is 1.50 bits per heavy atom. The Bertz CT molecular complexity index is 435. The van der Waals surface area contributed by atoms with Crippen LogP contribution in [0.2, 0.25) is 0 Å². The lowest BCUT2D eigenvalue weighted by Gasteiger charge is -2.40. The van der Waals surface area contributed by atoms with E-state index in [1.54, 1.807) is 6.20 Å². The minimum atomic E-state index is -0.707. The van der Waals surface area contributed by atoms with Crippen LogP contribution in [-0.4, -0.2) is 22.7 Å². The van der Waals surface area contributed by atoms with E-state index in [0.717, 1.165) is 37.8 Å². The monoisotopic (exact) mass is 277 g/mol. The second-order valence-corrected chi connectivity index (χ2v) is 5.63. The van der Waals surface area contributed by atoms with Crippen molar-refractivity contribution in [3.8, 4) is 0 Å². The van der Waals surface area contributed by atoms with E-state index in [4.69, 9.17) is 4.74 Å². The van der Waals surface area contributed by atoms with Crippen LogP contribution in [0.4, 0.5) is 0 Å². The van der Waals surface area contributed by atoms with Crippen LogP contribution in [0.25, 0.3) is 0 Å². The van der Waals surface area contributed by atoms with Crippen LogP contribution in [-0.2, 0) is 16.1 Å². The van der Waals surface area contributed by atoms with Crippen LogP contribution >= 0.6 is 0 Å². The molecule has 1 N–H and O–H groups in total. The highest BCUT2D eigenvalue weighted by Gasteiger charge is 2.46. The summed E-state index contributed by atoms with van der Waals surface area (Å²) in [4.78, 5) is 16.0. The quantitative estimate of drug-likeness (QED) is 0.867. The number of hydrogen-bond acceptors (Lipinski definition) is 3. The maximum atomic E-state index is 11.8. The second kappa shape index (κ2) is 6.84. The first-order valence-electron chi connectivity index (χ1n) is 7.40. The van der Waals surface area contributed by atoms with Gasteiger partial charge in [-0.25, -0.2) is 0 Å². The molecule has 1 saturated carbocycles. The van der Waals surface area contributed by atoms with Crippen molar-refractivity contribution in [1.29, 1.82) is 0 Å². The molecule has 4 heteroatoms. The molecular formula is C16H23NO3. The molecule has 0 radical (unpaired) electrons. The number of rotatable bonds is 6. The largest absolute Gasteiger partial charge is 0.481 e. The average Bonchev–Trinajstić information content (AvgIpc) is 2.48. The molecule has 0 spiro atoms. The van der Waals surface area contributed by atoms with Crippen LogP contribution in [0, 0.1) is 11.3 Å². The van der Waals surface area contributed by atoms with Crippen molar-refractivity contribution in [2.24, 2.45) is 11.3 Å². The molecule has 4 nitrogen and oxygen atoms in total. The van der Waals surface area contributed by atoms with Gasteiger partial charge < -0.3 is 9.84 Å². The smallest absolute Gasteiger partial charge is 0.312 e. The maximum Gasteiger partial charge on any atom is 0.312 e. The predicted molar refractivity (Wildman–Crippen MR) is 76.2 cm³/mol. The summed E-state index contributed by atoms with van der Waals surface area (Å²) in [6.45, 7) is 2.75. The van der Waals surface area contributed by atoms with E-state index < -0.39 is 11.4 Å². The molecule has 1 heterocycles. The zero-order valence-corrected chi connectivity index (χ0v) is 12.0. The Morgan fingerprint density at radius 3 is 3.00 bits per heavy atom. The molecule has 0 aromatic carbocycles. The first-order valence-corrected chi connectivity index (χ1v) is 7.40. The van der Waals surface area contributed by atoms with Crippen LogP contribution in [0.15, 0.2) is 24.4 Å². The Balaban J connectivity index is 2.00. The van der Waals surface area contributed by atoms with Gasteiger partial charge in [0.1, 0.15) is 0 Å². The second-order valence-electron chi connectivity index (χ2n) is 5.63. The van der Waals surface area contributed by atoms with Crippen LogP contribution in [0.5, 0.6) is 0 Å². The van der Waals surface area contributed by atoms with E-state index in [9.17, 15) is 9.90 Å². The van der Waals surface area contributed by atoms with Gasteiger partial charge in [-0.05, 0) is 30.9 Å². The Morgan fingerprint density at radius 2 is 2.35 bits per heavy atom. The Kier molecular flexibility index (Phi) is 5.12. The zero-order valence-electron chi connectivity index (χ0n) is 12.0. The number of aromatic nitrogens is 1. The summed E-state index contributed by atoms with van der Waals surface area (Å²) in [6, 6.07) is 5.66. The van der Waals surface area contributed by atoms with Crippen molar-refractivity contribution in [3.63, 3.8) is 0 Å². The molecule has 1 fully saturated rings. The molecule has 1 aliphatic carbocycles. The average molecular weight is 277 g/mol. The first-order chi connectivity index (χ1) is 9.69. The van der Waals surface area contributed by atoms with Crippen LogP contribution in [0.1, 0.15) is 44.7 Å². The predicted octanol–water partition coefficient (Wildman–Crippen LogP) is 3.27. The fourth-order valence-electron chi connectivity index (χ4n) is 3.26. The summed E-state index contributed by atoms with van der Waals surface area (Å²) in [5.74, 6) is -0.484. The number of nitrogens with zero attached hydrogens (tertiary/aromatic N) is 1. The summed E-state index contributed by atoms with van der Waals surface area (Å²) >= 11 is 0. The van der Waals surface area contributed by atoms with Gasteiger partial charge in [0.25, 0.3) is 0 Å². The van der Waals surface area contributed by atoms with Crippen molar-refractivity contribution in [2.45, 2.75) is 45.6 Å². The van der Waals surface area contributed by atoms with Gasteiger partial charge in [-0.3, -0.25) is 9.78 Å². The number of ether oxygens (including phenoxy) is 1. The van der Waals surface area contributed by atoms with Gasteiger partial charge in [-0.15, -0.1) is 0 Å². The van der Waals surface area contributed by atoms with Gasteiger partial charge in [0.05, 0.1) is 24.3 Å². The number of carbonyl (C=O) groups is 1. The molecule has 1 aromatic rings. The number of carboxylic acids is 1. The third-order valence-corrected chi connectivity index (χ3v) is 4.46. The molecular weight excluding hydrogens is 254 g/mol. The molecule has 2 unspecified atom stereocenters. The highest BCUT2D eigenvalue weighted by Crippen LogP contribution is 2.43. The number of pyridine rings is 1. The Hall–Kier alpha value is -1.42. The molecule has 0 saturated heterocycles. The zero-order chi connectivity index (χ0) is 14.4. The lowest BCUT2D eigenvalue weighted by molar-refractivity contribution is -0.162. The summed E-state index contributed by atoms with van der Waals surface area (Å²) in [5.41, 5.74) is 0.138. The lowest BCUT2D eigenvalue weighted by Crippen LogP contribution is -2.44. The fourth-order valence-corrected chi connectivity index (χ4v) is 3.26. The molecule has 0 amide bonds. The maximum absolute atomic E-state index is 11.8. The van der Waals surface area contributed by atoms with Crippen molar-refractivity contribution < 1.29 is 14.6 Å². The van der Waals surface area contributed by atoms with E-state index in [1.807, 2.05) is 18.2 Å². The molecule has 1 aliphatic rings. The third kappa shape index (κ3) is 3.18. The molecule has 110 valence electrons. The SMILES string of the molecule is CCC1CCCCC1(COCc1ccccn1)C(=O)O. The topological polar surface area (TPSA) is 59.4 Å². The third-order valence-electron chi connectivity index (χ3n) is 4.46. The summed E-state index contributed by atoms with van der Waals surface area (Å²) in [6.07, 6.45) is 6.46. The molecule has 0 aliphatic heterocycles. The van der Waals surface area contributed by atoms with Gasteiger partial charge in [0, 0.05) is 6.20 Å². The minimum absolute atomic E-state index is 0.220.